The molecule has 0 spiro atoms. The van der Waals surface area contributed by atoms with Gasteiger partial charge in [-0.05, 0) is 42.2 Å². The largest absolute Gasteiger partial charge is 0.466 e. The Morgan fingerprint density at radius 2 is 1.91 bits per heavy atom. The van der Waals surface area contributed by atoms with Gasteiger partial charge in [-0.15, -0.1) is 0 Å². The van der Waals surface area contributed by atoms with E-state index in [1.54, 1.807) is 20.0 Å². The van der Waals surface area contributed by atoms with Crippen molar-refractivity contribution in [2.75, 3.05) is 12.0 Å². The molecule has 1 N–H and O–H groups in total. The summed E-state index contributed by atoms with van der Waals surface area (Å²) in [5, 5.41) is 11.5. The minimum Gasteiger partial charge on any atom is -0.466 e. The van der Waals surface area contributed by atoms with Crippen molar-refractivity contribution >= 4 is 25.5 Å². The lowest BCUT2D eigenvalue weighted by molar-refractivity contribution is -0.138. The normalized spacial score (nSPS) is 16.4. The van der Waals surface area contributed by atoms with Crippen molar-refractivity contribution in [3.8, 4) is 6.07 Å². The molecule has 164 valence electrons. The molecule has 1 atom stereocenters. The molecule has 0 aromatic heterocycles. The maximum Gasteiger partial charge on any atom is 0.416 e. The molecule has 3 rings (SSSR count). The number of benzene rings is 2. The molecular weight excluding hydrogens is 429 g/mol. The van der Waals surface area contributed by atoms with E-state index < -0.39 is 35.6 Å². The minimum atomic E-state index is -4.84. The molecular formula is C21H16BF4N3O3. The van der Waals surface area contributed by atoms with Crippen LogP contribution in [-0.4, -0.2) is 27.0 Å². The number of rotatable bonds is 4. The van der Waals surface area contributed by atoms with Gasteiger partial charge in [-0.1, -0.05) is 12.1 Å². The summed E-state index contributed by atoms with van der Waals surface area (Å²) in [7, 11) is 2.73. The number of ether oxygens (including phenoxy) is 1. The first-order valence-corrected chi connectivity index (χ1v) is 9.40. The monoisotopic (exact) mass is 445 g/mol. The lowest BCUT2D eigenvalue weighted by Gasteiger charge is -2.36. The number of allylic oxidation sites excluding steroid dienone is 1. The van der Waals surface area contributed by atoms with Gasteiger partial charge in [-0.2, -0.15) is 18.4 Å². The fourth-order valence-corrected chi connectivity index (χ4v) is 3.50. The van der Waals surface area contributed by atoms with Crippen molar-refractivity contribution in [2.24, 2.45) is 0 Å². The number of halogens is 4. The number of methoxy groups -OCH3 is 1. The molecule has 0 fully saturated rings. The first kappa shape index (κ1) is 22.9. The van der Waals surface area contributed by atoms with Crippen LogP contribution in [0.5, 0.6) is 0 Å². The zero-order valence-electron chi connectivity index (χ0n) is 17.0. The molecule has 1 aliphatic rings. The van der Waals surface area contributed by atoms with E-state index in [4.69, 9.17) is 10.00 Å². The summed E-state index contributed by atoms with van der Waals surface area (Å²) < 4.78 is 58.5. The summed E-state index contributed by atoms with van der Waals surface area (Å²) >= 11 is 0. The van der Waals surface area contributed by atoms with Gasteiger partial charge < -0.3 is 10.1 Å². The molecule has 2 amide bonds. The molecule has 11 heteroatoms. The van der Waals surface area contributed by atoms with Gasteiger partial charge in [-0.25, -0.2) is 14.0 Å². The van der Waals surface area contributed by atoms with Gasteiger partial charge in [0.25, 0.3) is 0 Å². The number of nitriles is 1. The molecule has 0 saturated heterocycles. The second-order valence-electron chi connectivity index (χ2n) is 6.85. The van der Waals surface area contributed by atoms with E-state index in [-0.39, 0.29) is 23.3 Å². The average molecular weight is 445 g/mol. The highest BCUT2D eigenvalue weighted by molar-refractivity contribution is 6.14. The summed E-state index contributed by atoms with van der Waals surface area (Å²) in [5.41, 5.74) is -0.795. The number of anilines is 1. The lowest BCUT2D eigenvalue weighted by atomic mass is 9.88. The van der Waals surface area contributed by atoms with Gasteiger partial charge in [0.15, 0.2) is 0 Å². The fraction of sp³-hybridized carbons (Fsp3) is 0.190. The third-order valence-electron chi connectivity index (χ3n) is 4.92. The van der Waals surface area contributed by atoms with E-state index in [0.29, 0.717) is 23.3 Å². The molecule has 0 radical (unpaired) electrons. The van der Waals surface area contributed by atoms with Crippen LogP contribution in [0.2, 0.25) is 6.32 Å². The van der Waals surface area contributed by atoms with Gasteiger partial charge in [-0.3, -0.25) is 4.90 Å². The first-order chi connectivity index (χ1) is 15.1. The fourth-order valence-electron chi connectivity index (χ4n) is 3.50. The van der Waals surface area contributed by atoms with Crippen molar-refractivity contribution in [1.29, 1.82) is 5.26 Å². The van der Waals surface area contributed by atoms with Gasteiger partial charge in [0.2, 0.25) is 0 Å². The van der Waals surface area contributed by atoms with Gasteiger partial charge in [0.1, 0.15) is 13.7 Å². The maximum absolute atomic E-state index is 14.0. The highest BCUT2D eigenvalue weighted by atomic mass is 19.4. The molecule has 0 aliphatic carbocycles. The van der Waals surface area contributed by atoms with Crippen molar-refractivity contribution in [2.45, 2.75) is 18.5 Å². The number of urea groups is 1. The Bertz CT molecular complexity index is 1140. The molecule has 2 aromatic rings. The van der Waals surface area contributed by atoms with E-state index in [1.807, 2.05) is 6.07 Å². The summed E-state index contributed by atoms with van der Waals surface area (Å²) in [4.78, 5) is 26.5. The molecule has 32 heavy (non-hydrogen) atoms. The van der Waals surface area contributed by atoms with Crippen molar-refractivity contribution in [3.63, 3.8) is 0 Å². The van der Waals surface area contributed by atoms with Crippen molar-refractivity contribution < 1.29 is 31.9 Å². The average Bonchev–Trinajstić information content (AvgIpc) is 2.76. The molecule has 2 aromatic carbocycles. The van der Waals surface area contributed by atoms with Crippen LogP contribution in [0.1, 0.15) is 22.7 Å². The second-order valence-corrected chi connectivity index (χ2v) is 6.85. The molecule has 1 aliphatic heterocycles. The molecule has 1 unspecified atom stereocenters. The van der Waals surface area contributed by atoms with E-state index >= 15 is 0 Å². The van der Waals surface area contributed by atoms with Crippen LogP contribution in [0, 0.1) is 17.1 Å². The predicted octanol–water partition coefficient (Wildman–Crippen LogP) is 3.47. The second kappa shape index (κ2) is 8.74. The highest BCUT2D eigenvalue weighted by Gasteiger charge is 2.39. The number of carbonyl (C=O) groups is 2. The maximum atomic E-state index is 14.0. The Balaban J connectivity index is 2.21. The Hall–Kier alpha value is -3.81. The van der Waals surface area contributed by atoms with Crippen LogP contribution in [0.3, 0.4) is 0 Å². The van der Waals surface area contributed by atoms with Crippen LogP contribution in [0.25, 0.3) is 0 Å². The van der Waals surface area contributed by atoms with Crippen LogP contribution >= 0.6 is 0 Å². The predicted molar refractivity (Wildman–Crippen MR) is 109 cm³/mol. The molecule has 6 nitrogen and oxygen atoms in total. The van der Waals surface area contributed by atoms with Crippen molar-refractivity contribution in [3.05, 3.63) is 76.2 Å². The first-order valence-electron chi connectivity index (χ1n) is 9.40. The summed E-state index contributed by atoms with van der Waals surface area (Å²) in [6, 6.07) is 7.94. The van der Waals surface area contributed by atoms with Crippen LogP contribution < -0.4 is 10.2 Å². The van der Waals surface area contributed by atoms with Gasteiger partial charge in [0.05, 0.1) is 41.6 Å². The highest BCUT2D eigenvalue weighted by Crippen LogP contribution is 2.38. The number of nitrogens with zero attached hydrogens (tertiary/aromatic N) is 2. The molecule has 0 saturated carbocycles. The quantitative estimate of drug-likeness (QED) is 0.444. The van der Waals surface area contributed by atoms with E-state index in [1.165, 1.54) is 12.1 Å². The Morgan fingerprint density at radius 1 is 1.25 bits per heavy atom. The third kappa shape index (κ3) is 4.30. The van der Waals surface area contributed by atoms with Crippen LogP contribution in [0.4, 0.5) is 28.0 Å². The van der Waals surface area contributed by atoms with Crippen LogP contribution in [0.15, 0.2) is 53.7 Å². The number of alkyl halides is 3. The standard InChI is InChI=1S/C21H16BF4N3O3/c1-32-19(30)17-16(9-22)29(15-7-13(21(24,25)26)6-14(23)8-15)20(31)28-18(17)12-4-2-11(10-27)3-5-12/h2-8,18H,9,22H2,1H3,(H,28,31). The number of esters is 1. The third-order valence-corrected chi connectivity index (χ3v) is 4.92. The zero-order valence-corrected chi connectivity index (χ0v) is 17.0. The minimum absolute atomic E-state index is 0.0165. The van der Waals surface area contributed by atoms with E-state index in [0.717, 1.165) is 18.1 Å². The number of nitrogens with one attached hydrogen (secondary N) is 1. The number of hydrogen-bond donors (Lipinski definition) is 1. The molecule has 0 bridgehead atoms. The van der Waals surface area contributed by atoms with E-state index in [2.05, 4.69) is 5.32 Å². The number of hydrogen-bond acceptors (Lipinski definition) is 4. The van der Waals surface area contributed by atoms with Crippen molar-refractivity contribution in [1.82, 2.24) is 5.32 Å². The zero-order chi connectivity index (χ0) is 23.6. The number of amides is 2. The number of carbonyl (C=O) groups excluding carboxylic acids is 2. The van der Waals surface area contributed by atoms with Gasteiger partial charge >= 0.3 is 18.2 Å². The Kier molecular flexibility index (Phi) is 6.25. The molecule has 1 heterocycles. The van der Waals surface area contributed by atoms with E-state index in [9.17, 15) is 27.2 Å². The van der Waals surface area contributed by atoms with Gasteiger partial charge in [0, 0.05) is 5.70 Å². The van der Waals surface area contributed by atoms with Crippen LogP contribution in [-0.2, 0) is 15.7 Å². The Morgan fingerprint density at radius 3 is 2.44 bits per heavy atom. The summed E-state index contributed by atoms with van der Waals surface area (Å²) in [6.07, 6.45) is -4.78. The smallest absolute Gasteiger partial charge is 0.416 e. The summed E-state index contributed by atoms with van der Waals surface area (Å²) in [6.45, 7) is 0. The summed E-state index contributed by atoms with van der Waals surface area (Å²) in [5.74, 6) is -2.00. The lowest BCUT2D eigenvalue weighted by Crippen LogP contribution is -2.48. The Labute approximate surface area is 181 Å². The SMILES string of the molecule is BCC1=C(C(=O)OC)C(c2ccc(C#N)cc2)NC(=O)N1c1cc(F)cc(C(F)(F)F)c1. The topological polar surface area (TPSA) is 82.4 Å².